The number of carboxylic acid groups (broad SMARTS) is 1. The normalized spacial score (nSPS) is 10.9. The number of aryl methyl sites for hydroxylation is 3. The van der Waals surface area contributed by atoms with Gasteiger partial charge in [-0.15, -0.1) is 11.3 Å². The summed E-state index contributed by atoms with van der Waals surface area (Å²) in [5.41, 5.74) is 2.42. The van der Waals surface area contributed by atoms with Crippen LogP contribution in [0.3, 0.4) is 0 Å². The maximum Gasteiger partial charge on any atom is 0.303 e. The van der Waals surface area contributed by atoms with Gasteiger partial charge in [0, 0.05) is 16.0 Å². The molecule has 0 unspecified atom stereocenters. The van der Waals surface area contributed by atoms with E-state index >= 15 is 0 Å². The smallest absolute Gasteiger partial charge is 0.303 e. The number of hydrogen-bond donors (Lipinski definition) is 1. The molecule has 84 valence electrons. The predicted molar refractivity (Wildman–Crippen MR) is 67.3 cm³/mol. The summed E-state index contributed by atoms with van der Waals surface area (Å²) in [6.07, 6.45) is 0.839. The van der Waals surface area contributed by atoms with E-state index in [9.17, 15) is 4.79 Å². The van der Waals surface area contributed by atoms with E-state index in [1.165, 1.54) is 26.1 Å². The van der Waals surface area contributed by atoms with Crippen LogP contribution in [0.2, 0.25) is 0 Å². The van der Waals surface area contributed by atoms with Gasteiger partial charge in [0.05, 0.1) is 0 Å². The van der Waals surface area contributed by atoms with Gasteiger partial charge in [0.2, 0.25) is 0 Å². The maximum atomic E-state index is 10.6. The van der Waals surface area contributed by atoms with Crippen LogP contribution in [0.25, 0.3) is 10.1 Å². The second-order valence-corrected chi connectivity index (χ2v) is 5.29. The molecule has 0 aliphatic carbocycles. The summed E-state index contributed by atoms with van der Waals surface area (Å²) in [6.45, 7) is 4.13. The molecule has 0 bridgehead atoms. The molecule has 0 amide bonds. The van der Waals surface area contributed by atoms with Gasteiger partial charge >= 0.3 is 5.97 Å². The summed E-state index contributed by atoms with van der Waals surface area (Å²) >= 11 is 1.75. The molecule has 1 heterocycles. The molecule has 2 aromatic rings. The van der Waals surface area contributed by atoms with E-state index in [0.717, 1.165) is 0 Å². The highest BCUT2D eigenvalue weighted by molar-refractivity contribution is 7.19. The van der Waals surface area contributed by atoms with Crippen LogP contribution < -0.4 is 0 Å². The monoisotopic (exact) mass is 234 g/mol. The lowest BCUT2D eigenvalue weighted by Crippen LogP contribution is -1.97. The van der Waals surface area contributed by atoms with E-state index in [0.29, 0.717) is 6.42 Å². The van der Waals surface area contributed by atoms with E-state index in [1.54, 1.807) is 11.3 Å². The first-order valence-electron chi connectivity index (χ1n) is 5.28. The summed E-state index contributed by atoms with van der Waals surface area (Å²) in [7, 11) is 0. The fourth-order valence-electron chi connectivity index (χ4n) is 1.93. The quantitative estimate of drug-likeness (QED) is 0.882. The van der Waals surface area contributed by atoms with Gasteiger partial charge < -0.3 is 5.11 Å². The molecular formula is C13H14O2S. The summed E-state index contributed by atoms with van der Waals surface area (Å²) < 4.78 is 1.25. The Labute approximate surface area is 98.5 Å². The average Bonchev–Trinajstić information content (AvgIpc) is 2.51. The zero-order chi connectivity index (χ0) is 11.7. The molecular weight excluding hydrogens is 220 g/mol. The molecule has 16 heavy (non-hydrogen) atoms. The first-order valence-corrected chi connectivity index (χ1v) is 6.10. The molecule has 0 aliphatic heterocycles. The SMILES string of the molecule is Cc1ccc2sc(C)c(CCC(=O)O)c2c1. The van der Waals surface area contributed by atoms with E-state index < -0.39 is 5.97 Å². The number of aliphatic carboxylic acids is 1. The molecule has 0 radical (unpaired) electrons. The summed E-state index contributed by atoms with van der Waals surface area (Å²) in [6, 6.07) is 6.36. The van der Waals surface area contributed by atoms with Crippen molar-refractivity contribution in [3.8, 4) is 0 Å². The average molecular weight is 234 g/mol. The molecule has 2 nitrogen and oxygen atoms in total. The van der Waals surface area contributed by atoms with Crippen molar-refractivity contribution in [1.29, 1.82) is 0 Å². The number of fused-ring (bicyclic) bond motifs is 1. The molecule has 0 spiro atoms. The molecule has 0 atom stereocenters. The van der Waals surface area contributed by atoms with E-state index in [2.05, 4.69) is 32.0 Å². The highest BCUT2D eigenvalue weighted by atomic mass is 32.1. The van der Waals surface area contributed by atoms with Crippen LogP contribution in [0, 0.1) is 13.8 Å². The van der Waals surface area contributed by atoms with Crippen molar-refractivity contribution < 1.29 is 9.90 Å². The van der Waals surface area contributed by atoms with E-state index in [-0.39, 0.29) is 6.42 Å². The van der Waals surface area contributed by atoms with Gasteiger partial charge in [-0.05, 0) is 37.3 Å². The number of hydrogen-bond acceptors (Lipinski definition) is 2. The highest BCUT2D eigenvalue weighted by Crippen LogP contribution is 2.32. The van der Waals surface area contributed by atoms with Crippen molar-refractivity contribution in [2.24, 2.45) is 0 Å². The number of carboxylic acids is 1. The molecule has 1 aromatic carbocycles. The molecule has 3 heteroatoms. The fraction of sp³-hybridized carbons (Fsp3) is 0.308. The highest BCUT2D eigenvalue weighted by Gasteiger charge is 2.10. The Bertz CT molecular complexity index is 540. The number of thiophene rings is 1. The Hall–Kier alpha value is -1.35. The fourth-order valence-corrected chi connectivity index (χ4v) is 3.02. The van der Waals surface area contributed by atoms with Crippen molar-refractivity contribution in [3.05, 3.63) is 34.2 Å². The van der Waals surface area contributed by atoms with Crippen molar-refractivity contribution in [2.45, 2.75) is 26.7 Å². The van der Waals surface area contributed by atoms with Crippen molar-refractivity contribution in [3.63, 3.8) is 0 Å². The minimum atomic E-state index is -0.730. The van der Waals surface area contributed by atoms with Crippen LogP contribution in [-0.2, 0) is 11.2 Å². The molecule has 0 saturated carbocycles. The lowest BCUT2D eigenvalue weighted by atomic mass is 10.0. The predicted octanol–water partition coefficient (Wildman–Crippen LogP) is 3.54. The van der Waals surface area contributed by atoms with Crippen LogP contribution in [0.15, 0.2) is 18.2 Å². The summed E-state index contributed by atoms with van der Waals surface area (Å²) in [5, 5.41) is 9.96. The minimum Gasteiger partial charge on any atom is -0.481 e. The first-order chi connectivity index (χ1) is 7.58. The van der Waals surface area contributed by atoms with Gasteiger partial charge in [-0.1, -0.05) is 17.7 Å². The third-order valence-corrected chi connectivity index (χ3v) is 3.87. The van der Waals surface area contributed by atoms with Crippen LogP contribution in [0.4, 0.5) is 0 Å². The maximum absolute atomic E-state index is 10.6. The van der Waals surface area contributed by atoms with Gasteiger partial charge in [-0.25, -0.2) is 0 Å². The standard InChI is InChI=1S/C13H14O2S/c1-8-3-5-12-11(7-8)10(9(2)16-12)4-6-13(14)15/h3,5,7H,4,6H2,1-2H3,(H,14,15). The van der Waals surface area contributed by atoms with Crippen molar-refractivity contribution >= 4 is 27.4 Å². The van der Waals surface area contributed by atoms with Crippen molar-refractivity contribution in [2.75, 3.05) is 0 Å². The van der Waals surface area contributed by atoms with E-state index in [4.69, 9.17) is 5.11 Å². The Morgan fingerprint density at radius 3 is 2.81 bits per heavy atom. The molecule has 0 fully saturated rings. The molecule has 0 aliphatic rings. The van der Waals surface area contributed by atoms with Crippen LogP contribution in [0.5, 0.6) is 0 Å². The van der Waals surface area contributed by atoms with Crippen molar-refractivity contribution in [1.82, 2.24) is 0 Å². The minimum absolute atomic E-state index is 0.209. The summed E-state index contributed by atoms with van der Waals surface area (Å²) in [4.78, 5) is 11.9. The Morgan fingerprint density at radius 2 is 2.12 bits per heavy atom. The molecule has 1 N–H and O–H groups in total. The molecule has 1 aromatic heterocycles. The lowest BCUT2D eigenvalue weighted by molar-refractivity contribution is -0.136. The van der Waals surface area contributed by atoms with Gasteiger partial charge in [0.15, 0.2) is 0 Å². The topological polar surface area (TPSA) is 37.3 Å². The van der Waals surface area contributed by atoms with Gasteiger partial charge in [-0.2, -0.15) is 0 Å². The zero-order valence-electron chi connectivity index (χ0n) is 9.41. The number of carbonyl (C=O) groups is 1. The van der Waals surface area contributed by atoms with Gasteiger partial charge in [0.25, 0.3) is 0 Å². The van der Waals surface area contributed by atoms with Gasteiger partial charge in [0.1, 0.15) is 0 Å². The lowest BCUT2D eigenvalue weighted by Gasteiger charge is -1.99. The summed E-state index contributed by atoms with van der Waals surface area (Å²) in [5.74, 6) is -0.730. The number of rotatable bonds is 3. The Morgan fingerprint density at radius 1 is 1.38 bits per heavy atom. The zero-order valence-corrected chi connectivity index (χ0v) is 10.2. The van der Waals surface area contributed by atoms with Crippen LogP contribution in [0.1, 0.15) is 22.4 Å². The third kappa shape index (κ3) is 2.09. The van der Waals surface area contributed by atoms with Gasteiger partial charge in [-0.3, -0.25) is 4.79 Å². The van der Waals surface area contributed by atoms with E-state index in [1.807, 2.05) is 0 Å². The van der Waals surface area contributed by atoms with Crippen LogP contribution >= 0.6 is 11.3 Å². The Kier molecular flexibility index (Phi) is 2.97. The molecule has 0 saturated heterocycles. The second-order valence-electron chi connectivity index (χ2n) is 4.03. The second kappa shape index (κ2) is 4.26. The van der Waals surface area contributed by atoms with Crippen LogP contribution in [-0.4, -0.2) is 11.1 Å². The largest absolute Gasteiger partial charge is 0.481 e. The first kappa shape index (κ1) is 11.1. The number of benzene rings is 1. The Balaban J connectivity index is 2.45. The molecule has 2 rings (SSSR count). The third-order valence-electron chi connectivity index (χ3n) is 2.74.